The molecule has 8 nitrogen and oxygen atoms in total. The number of carboxylic acids is 1. The second-order valence-electron chi connectivity index (χ2n) is 8.67. The highest BCUT2D eigenvalue weighted by Crippen LogP contribution is 2.65. The molecule has 1 heterocycles. The predicted molar refractivity (Wildman–Crippen MR) is 109 cm³/mol. The highest BCUT2D eigenvalue weighted by Gasteiger charge is 2.74. The van der Waals surface area contributed by atoms with Crippen molar-refractivity contribution >= 4 is 23.9 Å². The van der Waals surface area contributed by atoms with Crippen LogP contribution in [0.3, 0.4) is 0 Å². The SMILES string of the molecule is COC(=O)C1=CC[C@@]23CC[C@@H]([C@](C)(/C=C/C=C(/C)C(=O)O)OC2=O)[C@]3(OC(C)=O)CC1. The molecule has 8 heteroatoms. The van der Waals surface area contributed by atoms with Crippen molar-refractivity contribution in [3.8, 4) is 0 Å². The summed E-state index contributed by atoms with van der Waals surface area (Å²) in [4.78, 5) is 48.8. The van der Waals surface area contributed by atoms with Crippen molar-refractivity contribution < 1.29 is 38.5 Å². The molecular weight excluding hydrogens is 404 g/mol. The third kappa shape index (κ3) is 3.58. The Morgan fingerprint density at radius 3 is 2.58 bits per heavy atom. The summed E-state index contributed by atoms with van der Waals surface area (Å²) in [5.41, 5.74) is -2.71. The number of esters is 3. The maximum absolute atomic E-state index is 13.4. The molecule has 1 aliphatic heterocycles. The first-order valence-corrected chi connectivity index (χ1v) is 10.3. The minimum absolute atomic E-state index is 0.138. The third-order valence-corrected chi connectivity index (χ3v) is 6.97. The molecule has 2 aliphatic carbocycles. The molecule has 0 radical (unpaired) electrons. The van der Waals surface area contributed by atoms with E-state index in [0.717, 1.165) is 0 Å². The number of aliphatic carboxylic acids is 1. The van der Waals surface area contributed by atoms with Gasteiger partial charge in [-0.25, -0.2) is 9.59 Å². The van der Waals surface area contributed by atoms with Gasteiger partial charge in [-0.15, -0.1) is 0 Å². The van der Waals surface area contributed by atoms with Gasteiger partial charge in [-0.2, -0.15) is 0 Å². The van der Waals surface area contributed by atoms with Gasteiger partial charge >= 0.3 is 23.9 Å². The van der Waals surface area contributed by atoms with Gasteiger partial charge in [0.15, 0.2) is 0 Å². The maximum atomic E-state index is 13.4. The summed E-state index contributed by atoms with van der Waals surface area (Å²) in [6.45, 7) is 4.53. The third-order valence-electron chi connectivity index (χ3n) is 6.97. The highest BCUT2D eigenvalue weighted by molar-refractivity contribution is 5.89. The summed E-state index contributed by atoms with van der Waals surface area (Å²) in [6, 6.07) is 0. The fourth-order valence-electron chi connectivity index (χ4n) is 5.45. The van der Waals surface area contributed by atoms with Crippen LogP contribution >= 0.6 is 0 Å². The Kier molecular flexibility index (Phi) is 5.86. The van der Waals surface area contributed by atoms with Gasteiger partial charge in [0.05, 0.1) is 7.11 Å². The standard InChI is InChI=1S/C23H28O8/c1-14(18(25)26)6-5-10-21(3)17-9-12-22(20(28)31-21)11-7-16(19(27)29-4)8-13-23(17,22)30-15(2)24/h5-7,10,17H,8-9,11-13H2,1-4H3,(H,25,26)/b10-5+,14-6-/t17-,21-,22+,23+/m0/s1. The van der Waals surface area contributed by atoms with E-state index in [0.29, 0.717) is 31.3 Å². The van der Waals surface area contributed by atoms with Gasteiger partial charge in [-0.05, 0) is 52.0 Å². The van der Waals surface area contributed by atoms with Gasteiger partial charge in [0, 0.05) is 24.0 Å². The molecule has 0 spiro atoms. The molecule has 1 saturated heterocycles. The van der Waals surface area contributed by atoms with Gasteiger partial charge in [0.25, 0.3) is 0 Å². The Morgan fingerprint density at radius 2 is 1.97 bits per heavy atom. The van der Waals surface area contributed by atoms with Gasteiger partial charge < -0.3 is 19.3 Å². The number of rotatable bonds is 5. The van der Waals surface area contributed by atoms with Crippen LogP contribution in [0, 0.1) is 11.3 Å². The van der Waals surface area contributed by atoms with E-state index in [2.05, 4.69) is 0 Å². The molecule has 31 heavy (non-hydrogen) atoms. The first-order valence-electron chi connectivity index (χ1n) is 10.3. The van der Waals surface area contributed by atoms with E-state index in [1.54, 1.807) is 25.2 Å². The molecule has 1 N–H and O–H groups in total. The lowest BCUT2D eigenvalue weighted by atomic mass is 9.62. The van der Waals surface area contributed by atoms with Crippen molar-refractivity contribution in [2.24, 2.45) is 11.3 Å². The zero-order valence-corrected chi connectivity index (χ0v) is 18.2. The monoisotopic (exact) mass is 432 g/mol. The fraction of sp³-hybridized carbons (Fsp3) is 0.565. The van der Waals surface area contributed by atoms with Crippen LogP contribution in [-0.4, -0.2) is 47.3 Å². The van der Waals surface area contributed by atoms with E-state index >= 15 is 0 Å². The van der Waals surface area contributed by atoms with Crippen LogP contribution < -0.4 is 0 Å². The number of hydrogen-bond acceptors (Lipinski definition) is 7. The van der Waals surface area contributed by atoms with Crippen LogP contribution in [0.25, 0.3) is 0 Å². The molecule has 4 atom stereocenters. The van der Waals surface area contributed by atoms with E-state index in [1.807, 2.05) is 0 Å². The van der Waals surface area contributed by atoms with Crippen LogP contribution in [-0.2, 0) is 33.4 Å². The molecule has 168 valence electrons. The first-order chi connectivity index (χ1) is 14.5. The summed E-state index contributed by atoms with van der Waals surface area (Å²) < 4.78 is 16.7. The molecule has 0 aromatic carbocycles. The summed E-state index contributed by atoms with van der Waals surface area (Å²) in [5, 5.41) is 9.06. The second kappa shape index (κ2) is 7.98. The lowest BCUT2D eigenvalue weighted by molar-refractivity contribution is -0.235. The van der Waals surface area contributed by atoms with E-state index in [1.165, 1.54) is 27.0 Å². The number of carbonyl (C=O) groups is 4. The van der Waals surface area contributed by atoms with Crippen LogP contribution in [0.5, 0.6) is 0 Å². The molecule has 3 aliphatic rings. The first kappa shape index (κ1) is 22.8. The summed E-state index contributed by atoms with van der Waals surface area (Å²) in [6.07, 6.45) is 8.21. The molecular formula is C23H28O8. The average Bonchev–Trinajstić information content (AvgIpc) is 2.84. The van der Waals surface area contributed by atoms with E-state index in [9.17, 15) is 19.2 Å². The fourth-order valence-corrected chi connectivity index (χ4v) is 5.45. The topological polar surface area (TPSA) is 116 Å². The predicted octanol–water partition coefficient (Wildman–Crippen LogP) is 2.87. The van der Waals surface area contributed by atoms with Crippen LogP contribution in [0.1, 0.15) is 52.9 Å². The number of ether oxygens (including phenoxy) is 3. The number of methoxy groups -OCH3 is 1. The van der Waals surface area contributed by atoms with Crippen LogP contribution in [0.4, 0.5) is 0 Å². The Hall–Kier alpha value is -2.90. The number of allylic oxidation sites excluding steroid dienone is 3. The minimum Gasteiger partial charge on any atom is -0.478 e. The second-order valence-corrected chi connectivity index (χ2v) is 8.67. The van der Waals surface area contributed by atoms with Crippen molar-refractivity contribution in [3.05, 3.63) is 35.5 Å². The maximum Gasteiger partial charge on any atom is 0.333 e. The highest BCUT2D eigenvalue weighted by atomic mass is 16.6. The van der Waals surface area contributed by atoms with Crippen LogP contribution in [0.15, 0.2) is 35.5 Å². The Bertz CT molecular complexity index is 913. The van der Waals surface area contributed by atoms with E-state index in [-0.39, 0.29) is 17.9 Å². The number of cyclic esters (lactones) is 1. The van der Waals surface area contributed by atoms with Gasteiger partial charge in [0.2, 0.25) is 0 Å². The summed E-state index contributed by atoms with van der Waals surface area (Å²) >= 11 is 0. The molecule has 3 rings (SSSR count). The van der Waals surface area contributed by atoms with Gasteiger partial charge in [-0.1, -0.05) is 18.2 Å². The van der Waals surface area contributed by atoms with E-state index < -0.39 is 40.5 Å². The quantitative estimate of drug-likeness (QED) is 0.305. The molecule has 0 amide bonds. The van der Waals surface area contributed by atoms with E-state index in [4.69, 9.17) is 19.3 Å². The normalized spacial score (nSPS) is 35.0. The number of carbonyl (C=O) groups excluding carboxylic acids is 3. The summed E-state index contributed by atoms with van der Waals surface area (Å²) in [5.74, 6) is -2.83. The Balaban J connectivity index is 2.07. The van der Waals surface area contributed by atoms with Crippen molar-refractivity contribution in [1.82, 2.24) is 0 Å². The molecule has 0 aromatic rings. The molecule has 2 fully saturated rings. The zero-order chi connectivity index (χ0) is 23.0. The largest absolute Gasteiger partial charge is 0.478 e. The van der Waals surface area contributed by atoms with Gasteiger partial charge in [0.1, 0.15) is 16.6 Å². The smallest absolute Gasteiger partial charge is 0.333 e. The number of carboxylic acid groups (broad SMARTS) is 1. The zero-order valence-electron chi connectivity index (χ0n) is 18.2. The average molecular weight is 432 g/mol. The molecule has 2 bridgehead atoms. The number of hydrogen-bond donors (Lipinski definition) is 1. The Labute approximate surface area is 180 Å². The molecule has 1 saturated carbocycles. The Morgan fingerprint density at radius 1 is 1.26 bits per heavy atom. The minimum atomic E-state index is -1.13. The van der Waals surface area contributed by atoms with Crippen molar-refractivity contribution in [2.45, 2.75) is 64.1 Å². The lowest BCUT2D eigenvalue weighted by Crippen LogP contribution is -2.65. The molecule has 0 aromatic heterocycles. The van der Waals surface area contributed by atoms with Crippen molar-refractivity contribution in [1.29, 1.82) is 0 Å². The summed E-state index contributed by atoms with van der Waals surface area (Å²) in [7, 11) is 1.30. The lowest BCUT2D eigenvalue weighted by Gasteiger charge is -2.54. The van der Waals surface area contributed by atoms with Crippen molar-refractivity contribution in [2.75, 3.05) is 7.11 Å². The molecule has 0 unspecified atom stereocenters. The van der Waals surface area contributed by atoms with Gasteiger partial charge in [-0.3, -0.25) is 9.59 Å². The van der Waals surface area contributed by atoms with Crippen LogP contribution in [0.2, 0.25) is 0 Å². The van der Waals surface area contributed by atoms with Crippen molar-refractivity contribution in [3.63, 3.8) is 0 Å².